The number of aldehydes is 1. The van der Waals surface area contributed by atoms with Gasteiger partial charge < -0.3 is 14.2 Å². The first-order chi connectivity index (χ1) is 9.19. The number of methoxy groups -OCH3 is 1. The Kier molecular flexibility index (Phi) is 7.82. The molecule has 4 nitrogen and oxygen atoms in total. The molecule has 0 radical (unpaired) electrons. The normalized spacial score (nSPS) is 10.5. The monoisotopic (exact) mass is 306 g/mol. The van der Waals surface area contributed by atoms with E-state index >= 15 is 0 Å². The van der Waals surface area contributed by atoms with Crippen LogP contribution in [0.5, 0.6) is 5.75 Å². The molecule has 0 bridgehead atoms. The predicted molar refractivity (Wildman–Crippen MR) is 74.7 cm³/mol. The summed E-state index contributed by atoms with van der Waals surface area (Å²) in [6.07, 6.45) is 1.49. The average molecular weight is 307 g/mol. The first kappa shape index (κ1) is 16.2. The lowest BCUT2D eigenvalue weighted by atomic mass is 10.2. The van der Waals surface area contributed by atoms with Gasteiger partial charge in [0.2, 0.25) is 0 Å². The zero-order valence-electron chi connectivity index (χ0n) is 10.7. The van der Waals surface area contributed by atoms with Gasteiger partial charge in [-0.1, -0.05) is 23.2 Å². The van der Waals surface area contributed by atoms with Crippen LogP contribution in [0, 0.1) is 0 Å². The molecule has 106 valence electrons. The van der Waals surface area contributed by atoms with Gasteiger partial charge in [0.25, 0.3) is 0 Å². The van der Waals surface area contributed by atoms with Crippen molar-refractivity contribution in [3.63, 3.8) is 0 Å². The summed E-state index contributed by atoms with van der Waals surface area (Å²) >= 11 is 11.8. The van der Waals surface area contributed by atoms with Gasteiger partial charge in [-0.2, -0.15) is 0 Å². The molecule has 0 atom stereocenters. The molecule has 0 aliphatic carbocycles. The fourth-order valence-electron chi connectivity index (χ4n) is 1.43. The summed E-state index contributed by atoms with van der Waals surface area (Å²) in [4.78, 5) is 10.9. The number of halogens is 2. The van der Waals surface area contributed by atoms with Crippen LogP contribution in [0.25, 0.3) is 0 Å². The molecule has 0 spiro atoms. The van der Waals surface area contributed by atoms with E-state index in [9.17, 15) is 4.79 Å². The van der Waals surface area contributed by atoms with E-state index in [1.54, 1.807) is 7.11 Å². The van der Waals surface area contributed by atoms with Crippen LogP contribution in [0.1, 0.15) is 16.8 Å². The van der Waals surface area contributed by atoms with Crippen LogP contribution >= 0.6 is 23.2 Å². The van der Waals surface area contributed by atoms with Crippen molar-refractivity contribution in [2.75, 3.05) is 33.5 Å². The van der Waals surface area contributed by atoms with Crippen LogP contribution in [-0.2, 0) is 9.47 Å². The molecular weight excluding hydrogens is 291 g/mol. The van der Waals surface area contributed by atoms with Gasteiger partial charge in [-0.15, -0.1) is 0 Å². The maximum absolute atomic E-state index is 10.9. The third-order valence-corrected chi connectivity index (χ3v) is 2.77. The number of hydrogen-bond donors (Lipinski definition) is 0. The predicted octanol–water partition coefficient (Wildman–Crippen LogP) is 3.24. The minimum Gasteiger partial charge on any atom is -0.489 e. The standard InChI is InChI=1S/C13H16Cl2O4/c1-17-3-2-4-18-5-6-19-13-10(9-16)7-11(14)8-12(13)15/h7-9H,2-6H2,1H3. The zero-order valence-corrected chi connectivity index (χ0v) is 12.2. The second-order valence-corrected chi connectivity index (χ2v) is 4.57. The number of ether oxygens (including phenoxy) is 3. The summed E-state index contributed by atoms with van der Waals surface area (Å²) in [6, 6.07) is 3.04. The molecule has 0 aliphatic heterocycles. The summed E-state index contributed by atoms with van der Waals surface area (Å²) in [7, 11) is 1.65. The van der Waals surface area contributed by atoms with Gasteiger partial charge in [0.05, 0.1) is 17.2 Å². The van der Waals surface area contributed by atoms with Gasteiger partial charge in [-0.25, -0.2) is 0 Å². The molecule has 6 heteroatoms. The average Bonchev–Trinajstić information content (AvgIpc) is 2.39. The third kappa shape index (κ3) is 5.78. The van der Waals surface area contributed by atoms with E-state index in [2.05, 4.69) is 0 Å². The van der Waals surface area contributed by atoms with E-state index < -0.39 is 0 Å². The van der Waals surface area contributed by atoms with Crippen molar-refractivity contribution < 1.29 is 19.0 Å². The van der Waals surface area contributed by atoms with Crippen LogP contribution < -0.4 is 4.74 Å². The highest BCUT2D eigenvalue weighted by atomic mass is 35.5. The third-order valence-electron chi connectivity index (χ3n) is 2.28. The van der Waals surface area contributed by atoms with Crippen LogP contribution in [0.15, 0.2) is 12.1 Å². The Labute approximate surface area is 122 Å². The summed E-state index contributed by atoms with van der Waals surface area (Å²) in [5, 5.41) is 0.712. The Morgan fingerprint density at radius 2 is 1.95 bits per heavy atom. The molecule has 1 rings (SSSR count). The van der Waals surface area contributed by atoms with Crippen molar-refractivity contribution >= 4 is 29.5 Å². The Hall–Kier alpha value is -0.810. The first-order valence-corrected chi connectivity index (χ1v) is 6.58. The first-order valence-electron chi connectivity index (χ1n) is 5.82. The fraction of sp³-hybridized carbons (Fsp3) is 0.462. The number of carbonyl (C=O) groups is 1. The summed E-state index contributed by atoms with van der Waals surface area (Å²) in [5.74, 6) is 0.335. The molecular formula is C13H16Cl2O4. The SMILES string of the molecule is COCCCOCCOc1c(Cl)cc(Cl)cc1C=O. The number of carbonyl (C=O) groups excluding carboxylic acids is 1. The Balaban J connectivity index is 2.39. The maximum Gasteiger partial charge on any atom is 0.153 e. The van der Waals surface area contributed by atoms with E-state index in [-0.39, 0.29) is 0 Å². The summed E-state index contributed by atoms with van der Waals surface area (Å²) in [5.41, 5.74) is 0.330. The molecule has 0 N–H and O–H groups in total. The molecule has 19 heavy (non-hydrogen) atoms. The van der Waals surface area contributed by atoms with Crippen molar-refractivity contribution in [2.45, 2.75) is 6.42 Å². The molecule has 0 saturated carbocycles. The lowest BCUT2D eigenvalue weighted by Crippen LogP contribution is -2.09. The smallest absolute Gasteiger partial charge is 0.153 e. The molecule has 0 heterocycles. The van der Waals surface area contributed by atoms with Gasteiger partial charge in [0.15, 0.2) is 6.29 Å². The Bertz CT molecular complexity index is 410. The van der Waals surface area contributed by atoms with Crippen LogP contribution in [0.4, 0.5) is 0 Å². The van der Waals surface area contributed by atoms with Gasteiger partial charge >= 0.3 is 0 Å². The van der Waals surface area contributed by atoms with Gasteiger partial charge in [-0.3, -0.25) is 4.79 Å². The molecule has 0 aliphatic rings. The van der Waals surface area contributed by atoms with Crippen LogP contribution in [-0.4, -0.2) is 39.8 Å². The van der Waals surface area contributed by atoms with Gasteiger partial charge in [0.1, 0.15) is 12.4 Å². The Morgan fingerprint density at radius 1 is 1.16 bits per heavy atom. The molecule has 0 fully saturated rings. The molecule has 1 aromatic rings. The van der Waals surface area contributed by atoms with Crippen molar-refractivity contribution in [3.8, 4) is 5.75 Å². The molecule has 0 saturated heterocycles. The van der Waals surface area contributed by atoms with Crippen molar-refractivity contribution in [1.29, 1.82) is 0 Å². The minimum absolute atomic E-state index is 0.314. The highest BCUT2D eigenvalue weighted by Crippen LogP contribution is 2.31. The van der Waals surface area contributed by atoms with E-state index in [1.165, 1.54) is 12.1 Å². The lowest BCUT2D eigenvalue weighted by Gasteiger charge is -2.11. The highest BCUT2D eigenvalue weighted by Gasteiger charge is 2.10. The van der Waals surface area contributed by atoms with Crippen molar-refractivity contribution in [2.24, 2.45) is 0 Å². The number of benzene rings is 1. The largest absolute Gasteiger partial charge is 0.489 e. The molecule has 0 amide bonds. The molecule has 1 aromatic carbocycles. The van der Waals surface area contributed by atoms with E-state index in [1.807, 2.05) is 0 Å². The summed E-state index contributed by atoms with van der Waals surface area (Å²) in [6.45, 7) is 2.00. The van der Waals surface area contributed by atoms with E-state index in [4.69, 9.17) is 37.4 Å². The quantitative estimate of drug-likeness (QED) is 0.519. The maximum atomic E-state index is 10.9. The molecule has 0 aromatic heterocycles. The second kappa shape index (κ2) is 9.15. The second-order valence-electron chi connectivity index (χ2n) is 3.73. The lowest BCUT2D eigenvalue weighted by molar-refractivity contribution is 0.0802. The van der Waals surface area contributed by atoms with E-state index in [0.717, 1.165) is 6.42 Å². The summed E-state index contributed by atoms with van der Waals surface area (Å²) < 4.78 is 15.7. The number of hydrogen-bond acceptors (Lipinski definition) is 4. The molecule has 0 unspecified atom stereocenters. The minimum atomic E-state index is 0.314. The van der Waals surface area contributed by atoms with Gasteiger partial charge in [0, 0.05) is 25.3 Å². The number of rotatable bonds is 9. The van der Waals surface area contributed by atoms with Gasteiger partial charge in [-0.05, 0) is 18.6 Å². The van der Waals surface area contributed by atoms with E-state index in [0.29, 0.717) is 54.1 Å². The van der Waals surface area contributed by atoms with Crippen LogP contribution in [0.3, 0.4) is 0 Å². The Morgan fingerprint density at radius 3 is 2.63 bits per heavy atom. The fourth-order valence-corrected chi connectivity index (χ4v) is 1.99. The van der Waals surface area contributed by atoms with Crippen LogP contribution in [0.2, 0.25) is 10.0 Å². The van der Waals surface area contributed by atoms with Crippen molar-refractivity contribution in [3.05, 3.63) is 27.7 Å². The zero-order chi connectivity index (χ0) is 14.1. The van der Waals surface area contributed by atoms with Crippen molar-refractivity contribution in [1.82, 2.24) is 0 Å². The highest BCUT2D eigenvalue weighted by molar-refractivity contribution is 6.36. The topological polar surface area (TPSA) is 44.8 Å².